The number of carbonyl (C=O) groups is 1. The molecule has 0 aliphatic carbocycles. The first-order valence-electron chi connectivity index (χ1n) is 5.21. The Morgan fingerprint density at radius 2 is 2.31 bits per heavy atom. The van der Waals surface area contributed by atoms with Crippen LogP contribution in [0.15, 0.2) is 41.4 Å². The fourth-order valence-corrected chi connectivity index (χ4v) is 2.03. The van der Waals surface area contributed by atoms with Crippen molar-refractivity contribution in [3.63, 3.8) is 0 Å². The Hall–Kier alpha value is -1.09. The molecule has 0 bridgehead atoms. The third kappa shape index (κ3) is 4.19. The topological polar surface area (TPSA) is 37.3 Å². The molecule has 0 aromatic heterocycles. The predicted octanol–water partition coefficient (Wildman–Crippen LogP) is 3.66. The van der Waals surface area contributed by atoms with Crippen molar-refractivity contribution in [1.29, 1.82) is 0 Å². The normalized spacial score (nSPS) is 12.1. The predicted molar refractivity (Wildman–Crippen MR) is 68.4 cm³/mol. The quantitative estimate of drug-likeness (QED) is 0.809. The van der Waals surface area contributed by atoms with E-state index in [2.05, 4.69) is 22.5 Å². The molecular formula is C13H15BrO2. The summed E-state index contributed by atoms with van der Waals surface area (Å²) in [6.45, 7) is 3.61. The van der Waals surface area contributed by atoms with E-state index in [0.717, 1.165) is 16.5 Å². The lowest BCUT2D eigenvalue weighted by Crippen LogP contribution is -2.16. The molecule has 16 heavy (non-hydrogen) atoms. The first-order valence-corrected chi connectivity index (χ1v) is 6.01. The van der Waals surface area contributed by atoms with Crippen LogP contribution in [0.25, 0.3) is 0 Å². The van der Waals surface area contributed by atoms with E-state index in [1.165, 1.54) is 0 Å². The van der Waals surface area contributed by atoms with Gasteiger partial charge in [-0.1, -0.05) is 34.1 Å². The average molecular weight is 283 g/mol. The lowest BCUT2D eigenvalue weighted by atomic mass is 9.95. The Balaban J connectivity index is 2.67. The Morgan fingerprint density at radius 3 is 2.88 bits per heavy atom. The Bertz CT molecular complexity index is 374. The fourth-order valence-electron chi connectivity index (χ4n) is 1.58. The molecule has 1 atom stereocenters. The van der Waals surface area contributed by atoms with E-state index in [4.69, 9.17) is 5.11 Å². The van der Waals surface area contributed by atoms with Gasteiger partial charge in [0.15, 0.2) is 0 Å². The van der Waals surface area contributed by atoms with Crippen molar-refractivity contribution in [2.24, 2.45) is 5.92 Å². The highest BCUT2D eigenvalue weighted by atomic mass is 79.9. The van der Waals surface area contributed by atoms with Gasteiger partial charge in [0, 0.05) is 4.47 Å². The van der Waals surface area contributed by atoms with Gasteiger partial charge >= 0.3 is 5.97 Å². The van der Waals surface area contributed by atoms with Gasteiger partial charge in [-0.25, -0.2) is 0 Å². The number of carboxylic acids is 1. The number of rotatable bonds is 6. The monoisotopic (exact) mass is 282 g/mol. The van der Waals surface area contributed by atoms with Crippen LogP contribution in [0, 0.1) is 5.92 Å². The number of halogens is 1. The molecule has 1 rings (SSSR count). The molecule has 0 saturated heterocycles. The zero-order valence-corrected chi connectivity index (χ0v) is 10.6. The van der Waals surface area contributed by atoms with E-state index in [0.29, 0.717) is 12.8 Å². The molecule has 0 saturated carbocycles. The van der Waals surface area contributed by atoms with Gasteiger partial charge in [-0.3, -0.25) is 4.79 Å². The lowest BCUT2D eigenvalue weighted by Gasteiger charge is -2.11. The molecule has 0 aliphatic rings. The second kappa shape index (κ2) is 6.48. The van der Waals surface area contributed by atoms with Gasteiger partial charge in [0.05, 0.1) is 5.92 Å². The molecule has 1 N–H and O–H groups in total. The molecule has 0 radical (unpaired) electrons. The van der Waals surface area contributed by atoms with E-state index in [-0.39, 0.29) is 5.92 Å². The summed E-state index contributed by atoms with van der Waals surface area (Å²) in [4.78, 5) is 11.0. The minimum atomic E-state index is -0.734. The standard InChI is InChI=1S/C13H15BrO2/c1-2-3-6-11(13(15)16)8-10-5-4-7-12(14)9-10/h2,4-5,7,9,11H,1,3,6,8H2,(H,15,16). The van der Waals surface area contributed by atoms with E-state index >= 15 is 0 Å². The number of aliphatic carboxylic acids is 1. The molecule has 0 aliphatic heterocycles. The highest BCUT2D eigenvalue weighted by Crippen LogP contribution is 2.18. The van der Waals surface area contributed by atoms with Crippen molar-refractivity contribution in [1.82, 2.24) is 0 Å². The summed E-state index contributed by atoms with van der Waals surface area (Å²) >= 11 is 3.38. The second-order valence-corrected chi connectivity index (χ2v) is 4.65. The maximum absolute atomic E-state index is 11.0. The number of hydrogen-bond acceptors (Lipinski definition) is 1. The van der Waals surface area contributed by atoms with Gasteiger partial charge in [-0.05, 0) is 37.0 Å². The first-order chi connectivity index (χ1) is 7.63. The third-order valence-corrected chi connectivity index (χ3v) is 2.93. The molecule has 0 heterocycles. The van der Waals surface area contributed by atoms with Gasteiger partial charge in [0.25, 0.3) is 0 Å². The van der Waals surface area contributed by atoms with Crippen LogP contribution in [0.4, 0.5) is 0 Å². The summed E-state index contributed by atoms with van der Waals surface area (Å²) in [5.74, 6) is -1.06. The summed E-state index contributed by atoms with van der Waals surface area (Å²) in [5.41, 5.74) is 1.05. The van der Waals surface area contributed by atoms with E-state index < -0.39 is 5.97 Å². The molecule has 2 nitrogen and oxygen atoms in total. The molecule has 0 amide bonds. The van der Waals surface area contributed by atoms with Gasteiger partial charge in [-0.2, -0.15) is 0 Å². The van der Waals surface area contributed by atoms with Crippen molar-refractivity contribution in [3.8, 4) is 0 Å². The van der Waals surface area contributed by atoms with Crippen LogP contribution in [0.3, 0.4) is 0 Å². The molecule has 0 spiro atoms. The number of hydrogen-bond donors (Lipinski definition) is 1. The minimum absolute atomic E-state index is 0.327. The van der Waals surface area contributed by atoms with Crippen LogP contribution in [-0.4, -0.2) is 11.1 Å². The number of carboxylic acid groups (broad SMARTS) is 1. The zero-order valence-electron chi connectivity index (χ0n) is 9.03. The van der Waals surface area contributed by atoms with Crippen molar-refractivity contribution in [3.05, 3.63) is 47.0 Å². The van der Waals surface area contributed by atoms with Crippen molar-refractivity contribution in [2.75, 3.05) is 0 Å². The Kier molecular flexibility index (Phi) is 5.26. The third-order valence-electron chi connectivity index (χ3n) is 2.44. The van der Waals surface area contributed by atoms with Crippen LogP contribution in [0.1, 0.15) is 18.4 Å². The van der Waals surface area contributed by atoms with E-state index in [9.17, 15) is 4.79 Å². The number of benzene rings is 1. The first kappa shape index (κ1) is 13.0. The zero-order chi connectivity index (χ0) is 12.0. The summed E-state index contributed by atoms with van der Waals surface area (Å²) in [7, 11) is 0. The molecule has 1 aromatic carbocycles. The highest BCUT2D eigenvalue weighted by Gasteiger charge is 2.16. The van der Waals surface area contributed by atoms with Gasteiger partial charge in [0.2, 0.25) is 0 Å². The molecule has 86 valence electrons. The van der Waals surface area contributed by atoms with Crippen LogP contribution >= 0.6 is 15.9 Å². The molecule has 3 heteroatoms. The van der Waals surface area contributed by atoms with E-state index in [1.807, 2.05) is 24.3 Å². The SMILES string of the molecule is C=CCCC(Cc1cccc(Br)c1)C(=O)O. The molecule has 0 fully saturated rings. The lowest BCUT2D eigenvalue weighted by molar-refractivity contribution is -0.141. The van der Waals surface area contributed by atoms with Crippen molar-refractivity contribution < 1.29 is 9.90 Å². The van der Waals surface area contributed by atoms with Crippen LogP contribution in [0.5, 0.6) is 0 Å². The fraction of sp³-hybridized carbons (Fsp3) is 0.308. The average Bonchev–Trinajstić information content (AvgIpc) is 2.24. The Morgan fingerprint density at radius 1 is 1.56 bits per heavy atom. The van der Waals surface area contributed by atoms with Gasteiger partial charge in [-0.15, -0.1) is 6.58 Å². The molecule has 1 aromatic rings. The second-order valence-electron chi connectivity index (χ2n) is 3.74. The largest absolute Gasteiger partial charge is 0.481 e. The maximum Gasteiger partial charge on any atom is 0.306 e. The summed E-state index contributed by atoms with van der Waals surface area (Å²) in [5, 5.41) is 9.08. The van der Waals surface area contributed by atoms with Crippen molar-refractivity contribution in [2.45, 2.75) is 19.3 Å². The summed E-state index contributed by atoms with van der Waals surface area (Å²) in [6.07, 6.45) is 3.72. The minimum Gasteiger partial charge on any atom is -0.481 e. The molecule has 1 unspecified atom stereocenters. The Labute approximate surface area is 104 Å². The highest BCUT2D eigenvalue weighted by molar-refractivity contribution is 9.10. The van der Waals surface area contributed by atoms with Crippen molar-refractivity contribution >= 4 is 21.9 Å². The molecular weight excluding hydrogens is 268 g/mol. The van der Waals surface area contributed by atoms with E-state index in [1.54, 1.807) is 6.08 Å². The van der Waals surface area contributed by atoms with Gasteiger partial charge < -0.3 is 5.11 Å². The summed E-state index contributed by atoms with van der Waals surface area (Å²) in [6, 6.07) is 7.77. The van der Waals surface area contributed by atoms with Crippen LogP contribution < -0.4 is 0 Å². The van der Waals surface area contributed by atoms with Gasteiger partial charge in [0.1, 0.15) is 0 Å². The van der Waals surface area contributed by atoms with Crippen LogP contribution in [0.2, 0.25) is 0 Å². The summed E-state index contributed by atoms with van der Waals surface area (Å²) < 4.78 is 0.984. The van der Waals surface area contributed by atoms with Crippen LogP contribution in [-0.2, 0) is 11.2 Å². The number of allylic oxidation sites excluding steroid dienone is 1. The smallest absolute Gasteiger partial charge is 0.306 e. The maximum atomic E-state index is 11.0.